The fourth-order valence-electron chi connectivity index (χ4n) is 4.08. The first kappa shape index (κ1) is 18.9. The molecule has 1 fully saturated rings. The maximum Gasteiger partial charge on any atom is 0.308 e. The van der Waals surface area contributed by atoms with Crippen molar-refractivity contribution in [2.45, 2.75) is 19.8 Å². The monoisotopic (exact) mass is 389 g/mol. The highest BCUT2D eigenvalue weighted by atomic mass is 16.4. The molecule has 0 bridgehead atoms. The fraction of sp³-hybridized carbons (Fsp3) is 0.261. The summed E-state index contributed by atoms with van der Waals surface area (Å²) in [6.45, 7) is 4.54. The van der Waals surface area contributed by atoms with Crippen LogP contribution in [0.4, 0.5) is 0 Å². The van der Waals surface area contributed by atoms with Crippen LogP contribution in [-0.4, -0.2) is 44.8 Å². The highest BCUT2D eigenvalue weighted by Crippen LogP contribution is 2.33. The van der Waals surface area contributed by atoms with Gasteiger partial charge in [-0.2, -0.15) is 5.10 Å². The van der Waals surface area contributed by atoms with E-state index in [9.17, 15) is 14.7 Å². The fourth-order valence-corrected chi connectivity index (χ4v) is 4.08. The average molecular weight is 389 g/mol. The first-order chi connectivity index (χ1) is 13.9. The second-order valence-corrected chi connectivity index (χ2v) is 7.56. The lowest BCUT2D eigenvalue weighted by atomic mass is 9.89. The van der Waals surface area contributed by atoms with Crippen LogP contribution in [0, 0.1) is 19.8 Å². The van der Waals surface area contributed by atoms with Crippen molar-refractivity contribution in [3.8, 4) is 5.69 Å². The number of rotatable bonds is 4. The molecule has 0 radical (unpaired) electrons. The van der Waals surface area contributed by atoms with Crippen molar-refractivity contribution < 1.29 is 14.7 Å². The second-order valence-electron chi connectivity index (χ2n) is 7.56. The van der Waals surface area contributed by atoms with Gasteiger partial charge in [0.1, 0.15) is 0 Å². The van der Waals surface area contributed by atoms with Gasteiger partial charge in [-0.05, 0) is 49.7 Å². The molecule has 3 aromatic rings. The molecule has 1 aliphatic rings. The smallest absolute Gasteiger partial charge is 0.308 e. The molecule has 1 aromatic heterocycles. The van der Waals surface area contributed by atoms with Crippen molar-refractivity contribution in [3.05, 3.63) is 83.2 Å². The van der Waals surface area contributed by atoms with Gasteiger partial charge in [-0.3, -0.25) is 9.59 Å². The van der Waals surface area contributed by atoms with Crippen molar-refractivity contribution >= 4 is 11.9 Å². The van der Waals surface area contributed by atoms with Gasteiger partial charge in [-0.25, -0.2) is 4.68 Å². The zero-order valence-electron chi connectivity index (χ0n) is 16.4. The highest BCUT2D eigenvalue weighted by Gasteiger charge is 2.40. The third kappa shape index (κ3) is 3.66. The van der Waals surface area contributed by atoms with Crippen LogP contribution in [-0.2, 0) is 4.79 Å². The first-order valence-electron chi connectivity index (χ1n) is 9.65. The summed E-state index contributed by atoms with van der Waals surface area (Å²) in [5.74, 6) is -1.81. The molecule has 4 rings (SSSR count). The first-order valence-corrected chi connectivity index (χ1v) is 9.65. The molecule has 2 atom stereocenters. The standard InChI is InChI=1S/C23H23N3O3/c1-15-12-16(2)26(24-15)19-10-8-18(9-11-19)22(27)25-13-20(21(14-25)23(28)29)17-6-4-3-5-7-17/h3-12,20-21H,13-14H2,1-2H3,(H,28,29)/t20-,21-/m0/s1. The van der Waals surface area contributed by atoms with Crippen molar-refractivity contribution in [1.82, 2.24) is 14.7 Å². The van der Waals surface area contributed by atoms with E-state index in [0.717, 1.165) is 22.6 Å². The van der Waals surface area contributed by atoms with Gasteiger partial charge in [-0.1, -0.05) is 30.3 Å². The Morgan fingerprint density at radius 3 is 2.28 bits per heavy atom. The van der Waals surface area contributed by atoms with E-state index in [0.29, 0.717) is 12.1 Å². The lowest BCUT2D eigenvalue weighted by Crippen LogP contribution is -2.29. The Hall–Kier alpha value is -3.41. The molecular weight excluding hydrogens is 366 g/mol. The Kier molecular flexibility index (Phi) is 4.92. The summed E-state index contributed by atoms with van der Waals surface area (Å²) in [6, 6.07) is 18.8. The largest absolute Gasteiger partial charge is 0.481 e. The van der Waals surface area contributed by atoms with Crippen molar-refractivity contribution in [2.24, 2.45) is 5.92 Å². The summed E-state index contributed by atoms with van der Waals surface area (Å²) in [5, 5.41) is 14.1. The SMILES string of the molecule is Cc1cc(C)n(-c2ccc(C(=O)N3C[C@H](C(=O)O)[C@H](c4ccccc4)C3)cc2)n1. The molecule has 29 heavy (non-hydrogen) atoms. The minimum absolute atomic E-state index is 0.144. The number of aryl methyl sites for hydroxylation is 2. The second kappa shape index (κ2) is 7.54. The van der Waals surface area contributed by atoms with Gasteiger partial charge in [0.15, 0.2) is 0 Å². The summed E-state index contributed by atoms with van der Waals surface area (Å²) >= 11 is 0. The van der Waals surface area contributed by atoms with E-state index in [1.165, 1.54) is 0 Å². The number of carbonyl (C=O) groups is 2. The number of hydrogen-bond acceptors (Lipinski definition) is 3. The predicted molar refractivity (Wildman–Crippen MR) is 109 cm³/mol. The Labute approximate surface area is 169 Å². The summed E-state index contributed by atoms with van der Waals surface area (Å²) < 4.78 is 1.84. The van der Waals surface area contributed by atoms with Crippen LogP contribution in [0.2, 0.25) is 0 Å². The van der Waals surface area contributed by atoms with Crippen LogP contribution in [0.15, 0.2) is 60.7 Å². The summed E-state index contributed by atoms with van der Waals surface area (Å²) in [6.07, 6.45) is 0. The molecule has 2 heterocycles. The minimum atomic E-state index is -0.867. The third-order valence-corrected chi connectivity index (χ3v) is 5.52. The summed E-state index contributed by atoms with van der Waals surface area (Å²) in [7, 11) is 0. The van der Waals surface area contributed by atoms with Crippen molar-refractivity contribution in [1.29, 1.82) is 0 Å². The maximum absolute atomic E-state index is 13.0. The van der Waals surface area contributed by atoms with Crippen LogP contribution in [0.5, 0.6) is 0 Å². The van der Waals surface area contributed by atoms with Crippen LogP contribution in [0.1, 0.15) is 33.2 Å². The molecule has 0 unspecified atom stereocenters. The van der Waals surface area contributed by atoms with Crippen molar-refractivity contribution in [2.75, 3.05) is 13.1 Å². The van der Waals surface area contributed by atoms with E-state index in [-0.39, 0.29) is 18.4 Å². The van der Waals surface area contributed by atoms with Gasteiger partial charge < -0.3 is 10.0 Å². The molecule has 1 N–H and O–H groups in total. The number of aromatic nitrogens is 2. The number of likely N-dealkylation sites (tertiary alicyclic amines) is 1. The van der Waals surface area contributed by atoms with Crippen LogP contribution in [0.25, 0.3) is 5.69 Å². The highest BCUT2D eigenvalue weighted by molar-refractivity contribution is 5.95. The van der Waals surface area contributed by atoms with Gasteiger partial charge in [-0.15, -0.1) is 0 Å². The number of nitrogens with zero attached hydrogens (tertiary/aromatic N) is 3. The Morgan fingerprint density at radius 1 is 1.00 bits per heavy atom. The van der Waals surface area contributed by atoms with E-state index in [4.69, 9.17) is 0 Å². The van der Waals surface area contributed by atoms with E-state index >= 15 is 0 Å². The lowest BCUT2D eigenvalue weighted by Gasteiger charge is -2.17. The number of hydrogen-bond donors (Lipinski definition) is 1. The Morgan fingerprint density at radius 2 is 1.69 bits per heavy atom. The number of carboxylic acid groups (broad SMARTS) is 1. The Balaban J connectivity index is 1.55. The van der Waals surface area contributed by atoms with Gasteiger partial charge >= 0.3 is 5.97 Å². The molecular formula is C23H23N3O3. The van der Waals surface area contributed by atoms with Gasteiger partial charge in [0.25, 0.3) is 5.91 Å². The average Bonchev–Trinajstić information content (AvgIpc) is 3.32. The van der Waals surface area contributed by atoms with E-state index in [2.05, 4.69) is 5.10 Å². The van der Waals surface area contributed by atoms with E-state index in [1.807, 2.05) is 67.1 Å². The molecule has 0 spiro atoms. The summed E-state index contributed by atoms with van der Waals surface area (Å²) in [5.41, 5.74) is 4.35. The molecule has 1 amide bonds. The number of aliphatic carboxylic acids is 1. The molecule has 0 saturated carbocycles. The number of carboxylic acids is 1. The molecule has 1 aliphatic heterocycles. The zero-order valence-corrected chi connectivity index (χ0v) is 16.4. The zero-order chi connectivity index (χ0) is 20.5. The molecule has 148 valence electrons. The molecule has 0 aliphatic carbocycles. The Bertz CT molecular complexity index is 1040. The number of benzene rings is 2. The molecule has 6 nitrogen and oxygen atoms in total. The van der Waals surface area contributed by atoms with E-state index in [1.54, 1.807) is 17.0 Å². The van der Waals surface area contributed by atoms with Crippen molar-refractivity contribution in [3.63, 3.8) is 0 Å². The maximum atomic E-state index is 13.0. The lowest BCUT2D eigenvalue weighted by molar-refractivity contribution is -0.141. The molecule has 6 heteroatoms. The topological polar surface area (TPSA) is 75.4 Å². The number of amides is 1. The predicted octanol–water partition coefficient (Wildman–Crippen LogP) is 3.43. The minimum Gasteiger partial charge on any atom is -0.481 e. The van der Waals surface area contributed by atoms with Crippen LogP contribution < -0.4 is 0 Å². The normalized spacial score (nSPS) is 18.8. The molecule has 1 saturated heterocycles. The summed E-state index contributed by atoms with van der Waals surface area (Å²) in [4.78, 5) is 26.4. The van der Waals surface area contributed by atoms with Gasteiger partial charge in [0, 0.05) is 30.3 Å². The third-order valence-electron chi connectivity index (χ3n) is 5.52. The van der Waals surface area contributed by atoms with E-state index < -0.39 is 11.9 Å². The molecule has 2 aromatic carbocycles. The van der Waals surface area contributed by atoms with Gasteiger partial charge in [0.2, 0.25) is 0 Å². The van der Waals surface area contributed by atoms with Crippen LogP contribution >= 0.6 is 0 Å². The number of carbonyl (C=O) groups excluding carboxylic acids is 1. The van der Waals surface area contributed by atoms with Crippen LogP contribution in [0.3, 0.4) is 0 Å². The van der Waals surface area contributed by atoms with Gasteiger partial charge in [0.05, 0.1) is 17.3 Å². The quantitative estimate of drug-likeness (QED) is 0.742.